The standard InChI is InChI=1S/C13H15NO7/c15-5-8-9(17)10(18)11-12(20-8)14(13(19)21-11)6-3-1-2-4-7(6)16/h1-4,8-12,15-18H,5H2. The molecule has 1 aromatic rings. The van der Waals surface area contributed by atoms with Crippen LogP contribution < -0.4 is 4.90 Å². The summed E-state index contributed by atoms with van der Waals surface area (Å²) in [6.07, 6.45) is -6.76. The Morgan fingerprint density at radius 3 is 2.57 bits per heavy atom. The molecule has 2 aliphatic heterocycles. The largest absolute Gasteiger partial charge is 0.506 e. The number of phenolic OH excluding ortho intramolecular Hbond substituents is 1. The average molecular weight is 297 g/mol. The first-order chi connectivity index (χ1) is 10.0. The maximum absolute atomic E-state index is 12.0. The van der Waals surface area contributed by atoms with Crippen LogP contribution >= 0.6 is 0 Å². The topological polar surface area (TPSA) is 120 Å². The van der Waals surface area contributed by atoms with Crippen molar-refractivity contribution in [2.24, 2.45) is 0 Å². The molecular formula is C13H15NO7. The fourth-order valence-electron chi connectivity index (χ4n) is 2.59. The Kier molecular flexibility index (Phi) is 3.46. The summed E-state index contributed by atoms with van der Waals surface area (Å²) < 4.78 is 10.5. The molecule has 2 aliphatic rings. The molecule has 0 aromatic heterocycles. The molecular weight excluding hydrogens is 282 g/mol. The summed E-state index contributed by atoms with van der Waals surface area (Å²) in [5, 5.41) is 38.8. The van der Waals surface area contributed by atoms with Crippen LogP contribution in [0.2, 0.25) is 0 Å². The number of aliphatic hydroxyl groups is 3. The van der Waals surface area contributed by atoms with Crippen molar-refractivity contribution in [3.63, 3.8) is 0 Å². The summed E-state index contributed by atoms with van der Waals surface area (Å²) in [6.45, 7) is -0.524. The van der Waals surface area contributed by atoms with E-state index in [0.717, 1.165) is 4.90 Å². The number of aromatic hydroxyl groups is 1. The molecule has 2 fully saturated rings. The number of para-hydroxylation sites is 2. The third-order valence-electron chi connectivity index (χ3n) is 3.67. The Morgan fingerprint density at radius 2 is 1.90 bits per heavy atom. The first-order valence-electron chi connectivity index (χ1n) is 6.45. The van der Waals surface area contributed by atoms with Crippen LogP contribution in [0.5, 0.6) is 5.75 Å². The number of carbonyl (C=O) groups is 1. The van der Waals surface area contributed by atoms with E-state index in [1.54, 1.807) is 12.1 Å². The van der Waals surface area contributed by atoms with Crippen LogP contribution in [0.4, 0.5) is 10.5 Å². The summed E-state index contributed by atoms with van der Waals surface area (Å²) in [5.74, 6) is -0.153. The maximum Gasteiger partial charge on any atom is 0.417 e. The fourth-order valence-corrected chi connectivity index (χ4v) is 2.59. The molecule has 0 aliphatic carbocycles. The van der Waals surface area contributed by atoms with Gasteiger partial charge in [-0.05, 0) is 12.1 Å². The number of fused-ring (bicyclic) bond motifs is 1. The van der Waals surface area contributed by atoms with Gasteiger partial charge in [0.15, 0.2) is 12.3 Å². The monoisotopic (exact) mass is 297 g/mol. The summed E-state index contributed by atoms with van der Waals surface area (Å²) in [4.78, 5) is 13.1. The molecule has 2 heterocycles. The molecule has 8 heteroatoms. The molecule has 4 N–H and O–H groups in total. The van der Waals surface area contributed by atoms with Crippen LogP contribution in [0.25, 0.3) is 0 Å². The van der Waals surface area contributed by atoms with Gasteiger partial charge in [0.2, 0.25) is 0 Å². The number of nitrogens with zero attached hydrogens (tertiary/aromatic N) is 1. The second kappa shape index (κ2) is 5.15. The Bertz CT molecular complexity index is 551. The number of amides is 1. The molecule has 1 amide bonds. The van der Waals surface area contributed by atoms with Gasteiger partial charge in [0.25, 0.3) is 0 Å². The normalized spacial score (nSPS) is 35.5. The Labute approximate surface area is 119 Å². The number of ether oxygens (including phenoxy) is 2. The summed E-state index contributed by atoms with van der Waals surface area (Å²) in [6, 6.07) is 6.10. The molecule has 2 saturated heterocycles. The van der Waals surface area contributed by atoms with Crippen LogP contribution in [-0.2, 0) is 9.47 Å². The van der Waals surface area contributed by atoms with Gasteiger partial charge in [-0.1, -0.05) is 12.1 Å². The van der Waals surface area contributed by atoms with E-state index < -0.39 is 43.3 Å². The number of hydrogen-bond donors (Lipinski definition) is 4. The highest BCUT2D eigenvalue weighted by molar-refractivity contribution is 5.92. The zero-order valence-electron chi connectivity index (χ0n) is 10.9. The van der Waals surface area contributed by atoms with Crippen molar-refractivity contribution in [1.82, 2.24) is 0 Å². The quantitative estimate of drug-likeness (QED) is 0.561. The lowest BCUT2D eigenvalue weighted by Gasteiger charge is -2.39. The summed E-state index contributed by atoms with van der Waals surface area (Å²) >= 11 is 0. The number of carbonyl (C=O) groups excluding carboxylic acids is 1. The second-order valence-corrected chi connectivity index (χ2v) is 4.94. The first kappa shape index (κ1) is 14.1. The molecule has 8 nitrogen and oxygen atoms in total. The van der Waals surface area contributed by atoms with Crippen molar-refractivity contribution in [2.45, 2.75) is 30.6 Å². The molecule has 0 bridgehead atoms. The van der Waals surface area contributed by atoms with E-state index in [9.17, 15) is 25.2 Å². The van der Waals surface area contributed by atoms with Gasteiger partial charge in [-0.15, -0.1) is 0 Å². The number of aliphatic hydroxyl groups excluding tert-OH is 3. The van der Waals surface area contributed by atoms with E-state index in [-0.39, 0.29) is 11.4 Å². The van der Waals surface area contributed by atoms with Crippen molar-refractivity contribution < 1.29 is 34.7 Å². The maximum atomic E-state index is 12.0. The van der Waals surface area contributed by atoms with Gasteiger partial charge < -0.3 is 29.9 Å². The van der Waals surface area contributed by atoms with Crippen LogP contribution in [0, 0.1) is 0 Å². The highest BCUT2D eigenvalue weighted by Crippen LogP contribution is 2.38. The van der Waals surface area contributed by atoms with Crippen molar-refractivity contribution in [3.8, 4) is 5.75 Å². The predicted octanol–water partition coefficient (Wildman–Crippen LogP) is -0.844. The molecule has 0 saturated carbocycles. The minimum absolute atomic E-state index is 0.153. The SMILES string of the molecule is O=C1OC2C(O)C(O)C(CO)OC2N1c1ccccc1O. The summed E-state index contributed by atoms with van der Waals surface area (Å²) in [7, 11) is 0. The fraction of sp³-hybridized carbons (Fsp3) is 0.462. The van der Waals surface area contributed by atoms with Crippen LogP contribution in [0.1, 0.15) is 0 Å². The number of rotatable bonds is 2. The molecule has 0 spiro atoms. The smallest absolute Gasteiger partial charge is 0.417 e. The second-order valence-electron chi connectivity index (χ2n) is 4.94. The highest BCUT2D eigenvalue weighted by Gasteiger charge is 2.55. The van der Waals surface area contributed by atoms with E-state index in [4.69, 9.17) is 9.47 Å². The number of hydrogen-bond acceptors (Lipinski definition) is 7. The van der Waals surface area contributed by atoms with Crippen molar-refractivity contribution in [2.75, 3.05) is 11.5 Å². The van der Waals surface area contributed by atoms with Gasteiger partial charge in [-0.2, -0.15) is 0 Å². The Morgan fingerprint density at radius 1 is 1.19 bits per heavy atom. The van der Waals surface area contributed by atoms with Gasteiger partial charge in [0.05, 0.1) is 12.3 Å². The van der Waals surface area contributed by atoms with Gasteiger partial charge in [-0.3, -0.25) is 0 Å². The molecule has 21 heavy (non-hydrogen) atoms. The molecule has 114 valence electrons. The van der Waals surface area contributed by atoms with E-state index in [1.165, 1.54) is 12.1 Å². The zero-order chi connectivity index (χ0) is 15.1. The lowest BCUT2D eigenvalue weighted by atomic mass is 9.98. The third kappa shape index (κ3) is 2.12. The Hall–Kier alpha value is -1.87. The molecule has 0 radical (unpaired) electrons. The number of anilines is 1. The molecule has 5 unspecified atom stereocenters. The van der Waals surface area contributed by atoms with Crippen molar-refractivity contribution >= 4 is 11.8 Å². The predicted molar refractivity (Wildman–Crippen MR) is 68.6 cm³/mol. The van der Waals surface area contributed by atoms with E-state index >= 15 is 0 Å². The summed E-state index contributed by atoms with van der Waals surface area (Å²) in [5.41, 5.74) is 0.162. The van der Waals surface area contributed by atoms with E-state index in [0.29, 0.717) is 0 Å². The Balaban J connectivity index is 1.96. The van der Waals surface area contributed by atoms with Gasteiger partial charge >= 0.3 is 6.09 Å². The first-order valence-corrected chi connectivity index (χ1v) is 6.45. The van der Waals surface area contributed by atoms with Gasteiger partial charge in [-0.25, -0.2) is 9.69 Å². The third-order valence-corrected chi connectivity index (χ3v) is 3.67. The number of benzene rings is 1. The van der Waals surface area contributed by atoms with E-state index in [1.807, 2.05) is 0 Å². The molecule has 1 aromatic carbocycles. The zero-order valence-corrected chi connectivity index (χ0v) is 10.9. The lowest BCUT2D eigenvalue weighted by Crippen LogP contribution is -2.60. The van der Waals surface area contributed by atoms with E-state index in [2.05, 4.69) is 0 Å². The van der Waals surface area contributed by atoms with Crippen LogP contribution in [0.15, 0.2) is 24.3 Å². The average Bonchev–Trinajstić information content (AvgIpc) is 2.80. The van der Waals surface area contributed by atoms with Crippen LogP contribution in [-0.4, -0.2) is 63.8 Å². The van der Waals surface area contributed by atoms with Crippen LogP contribution in [0.3, 0.4) is 0 Å². The molecule has 3 rings (SSSR count). The van der Waals surface area contributed by atoms with Gasteiger partial charge in [0, 0.05) is 0 Å². The lowest BCUT2D eigenvalue weighted by molar-refractivity contribution is -0.211. The van der Waals surface area contributed by atoms with Gasteiger partial charge in [0.1, 0.15) is 24.1 Å². The van der Waals surface area contributed by atoms with Crippen molar-refractivity contribution in [1.29, 1.82) is 0 Å². The minimum atomic E-state index is -1.39. The minimum Gasteiger partial charge on any atom is -0.506 e. The molecule has 5 atom stereocenters. The number of phenols is 1. The highest BCUT2D eigenvalue weighted by atomic mass is 16.6. The van der Waals surface area contributed by atoms with Crippen molar-refractivity contribution in [3.05, 3.63) is 24.3 Å².